The van der Waals surface area contributed by atoms with Crippen molar-refractivity contribution in [1.82, 2.24) is 4.90 Å². The summed E-state index contributed by atoms with van der Waals surface area (Å²) in [6.07, 6.45) is 0. The van der Waals surface area contributed by atoms with Gasteiger partial charge >= 0.3 is 19.2 Å². The summed E-state index contributed by atoms with van der Waals surface area (Å²) in [6.45, 7) is 1.82. The molecular weight excluding hydrogens is 311 g/mol. The van der Waals surface area contributed by atoms with Crippen molar-refractivity contribution in [3.8, 4) is 6.07 Å². The second-order valence-corrected chi connectivity index (χ2v) is 3.93. The van der Waals surface area contributed by atoms with Crippen LogP contribution in [0.25, 0.3) is 0 Å². The van der Waals surface area contributed by atoms with Crippen LogP contribution in [0.1, 0.15) is 6.92 Å². The van der Waals surface area contributed by atoms with Crippen molar-refractivity contribution in [2.45, 2.75) is 6.92 Å². The lowest BCUT2D eigenvalue weighted by Gasteiger charge is -2.07. The molecule has 0 spiro atoms. The first kappa shape index (κ1) is 22.0. The monoisotopic (exact) mass is 328 g/mol. The smallest absolute Gasteiger partial charge is 0.461 e. The largest absolute Gasteiger partial charge is 0.673 e. The highest BCUT2D eigenvalue weighted by Gasteiger charge is 2.20. The van der Waals surface area contributed by atoms with Gasteiger partial charge in [0.25, 0.3) is 5.71 Å². The molecule has 0 N–H and O–H groups in total. The molecule has 0 rings (SSSR count). The van der Waals surface area contributed by atoms with E-state index < -0.39 is 18.9 Å². The first-order chi connectivity index (χ1) is 9.93. The van der Waals surface area contributed by atoms with Crippen LogP contribution in [-0.2, 0) is 14.4 Å². The second-order valence-electron chi connectivity index (χ2n) is 3.93. The molecule has 0 fully saturated rings. The summed E-state index contributed by atoms with van der Waals surface area (Å²) < 4.78 is 45.3. The molecule has 0 atom stereocenters. The number of hydrogen-bond donors (Lipinski definition) is 0. The van der Waals surface area contributed by atoms with Gasteiger partial charge in [-0.3, -0.25) is 4.84 Å². The van der Waals surface area contributed by atoms with Crippen LogP contribution in [0, 0.1) is 11.3 Å². The van der Waals surface area contributed by atoms with Crippen LogP contribution in [-0.4, -0.2) is 69.2 Å². The standard InChI is InChI=1S/C10H17N4O3.BF4/c1-6-16-9(15)8(7-11)12-17-10(13(2)3)14(4)5;2-1(3,4)5/h6H2,1-5H3;/q+1;-1/b12-8-;. The lowest BCUT2D eigenvalue weighted by molar-refractivity contribution is -0.480. The number of rotatable bonds is 3. The molecule has 0 aliphatic rings. The molecule has 22 heavy (non-hydrogen) atoms. The SMILES string of the molecule is CCOC(=O)/C(C#N)=N\OC(N(C)C)=[N+](C)C.F[B-](F)(F)F. The molecule has 0 aliphatic heterocycles. The Bertz CT molecular complexity index is 462. The van der Waals surface area contributed by atoms with Gasteiger partial charge in [0.1, 0.15) is 6.07 Å². The zero-order valence-corrected chi connectivity index (χ0v) is 12.8. The van der Waals surface area contributed by atoms with Crippen LogP contribution in [0.5, 0.6) is 0 Å². The number of oxime groups is 1. The quantitative estimate of drug-likeness (QED) is 0.147. The number of hydrogen-bond acceptors (Lipinski definition) is 5. The normalized spacial score (nSPS) is 10.6. The Kier molecular flexibility index (Phi) is 10.4. The molecule has 126 valence electrons. The van der Waals surface area contributed by atoms with Gasteiger partial charge in [-0.05, 0) is 6.92 Å². The Morgan fingerprint density at radius 2 is 1.77 bits per heavy atom. The highest BCUT2D eigenvalue weighted by atomic mass is 19.5. The fourth-order valence-electron chi connectivity index (χ4n) is 0.953. The topological polar surface area (TPSA) is 77.9 Å². The number of carbonyl (C=O) groups excluding carboxylic acids is 1. The highest BCUT2D eigenvalue weighted by Crippen LogP contribution is 2.06. The van der Waals surface area contributed by atoms with Crippen molar-refractivity contribution in [3.05, 3.63) is 0 Å². The molecule has 0 aromatic rings. The summed E-state index contributed by atoms with van der Waals surface area (Å²) in [7, 11) is 1.01. The van der Waals surface area contributed by atoms with Gasteiger partial charge in [0, 0.05) is 0 Å². The Labute approximate surface area is 125 Å². The summed E-state index contributed by atoms with van der Waals surface area (Å²) in [5.41, 5.74) is -0.423. The van der Waals surface area contributed by atoms with Crippen LogP contribution >= 0.6 is 0 Å². The molecule has 0 amide bonds. The summed E-state index contributed by atoms with van der Waals surface area (Å²) in [4.78, 5) is 17.9. The maximum absolute atomic E-state index is 11.2. The number of nitrogens with zero attached hydrogens (tertiary/aromatic N) is 4. The fraction of sp³-hybridized carbons (Fsp3) is 0.600. The summed E-state index contributed by atoms with van der Waals surface area (Å²) in [6, 6.07) is 2.01. The summed E-state index contributed by atoms with van der Waals surface area (Å²) in [5.74, 6) is -0.799. The Hall–Kier alpha value is -2.32. The van der Waals surface area contributed by atoms with Crippen molar-refractivity contribution < 1.29 is 36.2 Å². The van der Waals surface area contributed by atoms with E-state index in [0.29, 0.717) is 6.02 Å². The molecule has 7 nitrogen and oxygen atoms in total. The maximum atomic E-state index is 11.2. The van der Waals surface area contributed by atoms with E-state index in [1.54, 1.807) is 50.7 Å². The van der Waals surface area contributed by atoms with E-state index in [2.05, 4.69) is 9.89 Å². The minimum absolute atomic E-state index is 0.178. The van der Waals surface area contributed by atoms with E-state index in [-0.39, 0.29) is 6.61 Å². The predicted molar refractivity (Wildman–Crippen MR) is 71.8 cm³/mol. The fourth-order valence-corrected chi connectivity index (χ4v) is 0.953. The Balaban J connectivity index is 0. The molecule has 0 aromatic heterocycles. The van der Waals surface area contributed by atoms with Gasteiger partial charge in [-0.15, -0.1) is 0 Å². The van der Waals surface area contributed by atoms with Crippen molar-refractivity contribution >= 4 is 25.0 Å². The van der Waals surface area contributed by atoms with Crippen LogP contribution in [0.2, 0.25) is 0 Å². The van der Waals surface area contributed by atoms with Gasteiger partial charge in [0.15, 0.2) is 0 Å². The first-order valence-electron chi connectivity index (χ1n) is 5.85. The molecule has 0 aromatic carbocycles. The maximum Gasteiger partial charge on any atom is 0.673 e. The van der Waals surface area contributed by atoms with Gasteiger partial charge in [-0.1, -0.05) is 5.16 Å². The molecule has 0 heterocycles. The van der Waals surface area contributed by atoms with E-state index >= 15 is 0 Å². The van der Waals surface area contributed by atoms with E-state index in [9.17, 15) is 22.1 Å². The first-order valence-corrected chi connectivity index (χ1v) is 5.85. The third-order valence-corrected chi connectivity index (χ3v) is 1.56. The number of halogens is 4. The van der Waals surface area contributed by atoms with Gasteiger partial charge < -0.3 is 22.0 Å². The molecule has 12 heteroatoms. The molecule has 0 aliphatic carbocycles. The minimum Gasteiger partial charge on any atom is -0.461 e. The Morgan fingerprint density at radius 1 is 1.32 bits per heavy atom. The molecule has 0 saturated heterocycles. The van der Waals surface area contributed by atoms with Crippen molar-refractivity contribution in [2.24, 2.45) is 5.16 Å². The Morgan fingerprint density at radius 3 is 2.05 bits per heavy atom. The van der Waals surface area contributed by atoms with Gasteiger partial charge in [0.05, 0.1) is 34.8 Å². The summed E-state index contributed by atoms with van der Waals surface area (Å²) in [5, 5.41) is 12.2. The number of nitriles is 1. The van der Waals surface area contributed by atoms with Crippen molar-refractivity contribution in [2.75, 3.05) is 34.8 Å². The second kappa shape index (κ2) is 10.4. The van der Waals surface area contributed by atoms with Gasteiger partial charge in [0.2, 0.25) is 0 Å². The zero-order valence-electron chi connectivity index (χ0n) is 12.8. The molecule has 0 saturated carbocycles. The van der Waals surface area contributed by atoms with Crippen molar-refractivity contribution in [1.29, 1.82) is 5.26 Å². The number of carbonyl (C=O) groups is 1. The highest BCUT2D eigenvalue weighted by molar-refractivity contribution is 6.50. The predicted octanol–water partition coefficient (Wildman–Crippen LogP) is 0.935. The third-order valence-electron chi connectivity index (χ3n) is 1.56. The van der Waals surface area contributed by atoms with Crippen LogP contribution < -0.4 is 0 Å². The third kappa shape index (κ3) is 12.7. The molecule has 0 radical (unpaired) electrons. The number of amidine groups is 1. The molecular formula is C10H17BF4N4O3. The van der Waals surface area contributed by atoms with Crippen LogP contribution in [0.4, 0.5) is 17.3 Å². The average Bonchev–Trinajstić information content (AvgIpc) is 2.31. The number of esters is 1. The zero-order chi connectivity index (χ0) is 17.9. The van der Waals surface area contributed by atoms with Gasteiger partial charge in [-0.25, -0.2) is 14.3 Å². The van der Waals surface area contributed by atoms with E-state index in [4.69, 9.17) is 10.1 Å². The summed E-state index contributed by atoms with van der Waals surface area (Å²) >= 11 is 0. The van der Waals surface area contributed by atoms with E-state index in [1.165, 1.54) is 0 Å². The van der Waals surface area contributed by atoms with Gasteiger partial charge in [-0.2, -0.15) is 5.26 Å². The van der Waals surface area contributed by atoms with Crippen LogP contribution in [0.15, 0.2) is 5.16 Å². The number of ether oxygens (including phenoxy) is 1. The van der Waals surface area contributed by atoms with E-state index in [0.717, 1.165) is 0 Å². The lowest BCUT2D eigenvalue weighted by atomic mass is 10.3. The minimum atomic E-state index is -6.00. The average molecular weight is 328 g/mol. The van der Waals surface area contributed by atoms with Crippen molar-refractivity contribution in [3.63, 3.8) is 0 Å². The lowest BCUT2D eigenvalue weighted by Crippen LogP contribution is -2.31. The molecule has 0 unspecified atom stereocenters. The van der Waals surface area contributed by atoms with Crippen LogP contribution in [0.3, 0.4) is 0 Å². The molecule has 0 bridgehead atoms. The van der Waals surface area contributed by atoms with E-state index in [1.807, 2.05) is 0 Å².